The molecule has 0 spiro atoms. The molecule has 0 aromatic heterocycles. The third-order valence-electron chi connectivity index (χ3n) is 4.04. The SMILES string of the molecule is N#C/C(=C/c1ccc(OCC(=O)Nc2ccc(F)cc2)c(Br)c1)c1ccccc1F. The van der Waals surface area contributed by atoms with E-state index in [0.717, 1.165) is 0 Å². The highest BCUT2D eigenvalue weighted by molar-refractivity contribution is 9.10. The van der Waals surface area contributed by atoms with Crippen LogP contribution in [0.15, 0.2) is 71.2 Å². The summed E-state index contributed by atoms with van der Waals surface area (Å²) in [6, 6.07) is 18.5. The molecule has 0 aliphatic carbocycles. The molecule has 0 unspecified atom stereocenters. The Bertz CT molecular complexity index is 1140. The summed E-state index contributed by atoms with van der Waals surface area (Å²) >= 11 is 3.37. The van der Waals surface area contributed by atoms with Crippen LogP contribution in [0.25, 0.3) is 11.6 Å². The Hall–Kier alpha value is -3.50. The van der Waals surface area contributed by atoms with E-state index in [1.165, 1.54) is 36.4 Å². The number of amides is 1. The Labute approximate surface area is 180 Å². The molecule has 0 aliphatic rings. The molecule has 0 atom stereocenters. The molecule has 0 bridgehead atoms. The third kappa shape index (κ3) is 5.52. The summed E-state index contributed by atoms with van der Waals surface area (Å²) < 4.78 is 32.9. The normalized spacial score (nSPS) is 10.9. The monoisotopic (exact) mass is 468 g/mol. The molecule has 7 heteroatoms. The molecule has 0 fully saturated rings. The molecule has 0 aliphatic heterocycles. The van der Waals surface area contributed by atoms with Gasteiger partial charge in [0.25, 0.3) is 5.91 Å². The molecular formula is C23H15BrF2N2O2. The number of rotatable bonds is 6. The summed E-state index contributed by atoms with van der Waals surface area (Å²) in [5.74, 6) is -0.844. The zero-order valence-electron chi connectivity index (χ0n) is 15.5. The van der Waals surface area contributed by atoms with E-state index in [2.05, 4.69) is 21.2 Å². The van der Waals surface area contributed by atoms with Crippen LogP contribution in [0.4, 0.5) is 14.5 Å². The van der Waals surface area contributed by atoms with Gasteiger partial charge in [0.05, 0.1) is 16.1 Å². The van der Waals surface area contributed by atoms with Crippen LogP contribution in [-0.2, 0) is 4.79 Å². The molecule has 0 saturated heterocycles. The lowest BCUT2D eigenvalue weighted by Gasteiger charge is -2.10. The second kappa shape index (κ2) is 9.81. The van der Waals surface area contributed by atoms with Crippen LogP contribution < -0.4 is 10.1 Å². The van der Waals surface area contributed by atoms with Crippen molar-refractivity contribution < 1.29 is 18.3 Å². The summed E-state index contributed by atoms with van der Waals surface area (Å²) in [5, 5.41) is 12.0. The second-order valence-electron chi connectivity index (χ2n) is 6.18. The molecule has 1 amide bonds. The molecule has 3 aromatic rings. The van der Waals surface area contributed by atoms with Crippen molar-refractivity contribution in [3.05, 3.63) is 94.0 Å². The van der Waals surface area contributed by atoms with Gasteiger partial charge in [0.2, 0.25) is 0 Å². The van der Waals surface area contributed by atoms with Gasteiger partial charge in [-0.3, -0.25) is 4.79 Å². The summed E-state index contributed by atoms with van der Waals surface area (Å²) in [4.78, 5) is 12.0. The average molecular weight is 469 g/mol. The van der Waals surface area contributed by atoms with Gasteiger partial charge in [0, 0.05) is 11.3 Å². The number of nitriles is 1. The Morgan fingerprint density at radius 1 is 1.10 bits per heavy atom. The maximum Gasteiger partial charge on any atom is 0.262 e. The Kier molecular flexibility index (Phi) is 6.94. The van der Waals surface area contributed by atoms with Crippen molar-refractivity contribution in [2.45, 2.75) is 0 Å². The number of carbonyl (C=O) groups excluding carboxylic acids is 1. The predicted octanol–water partition coefficient (Wildman–Crippen LogP) is 5.81. The number of hydrogen-bond acceptors (Lipinski definition) is 3. The first kappa shape index (κ1) is 21.2. The molecule has 3 aromatic carbocycles. The van der Waals surface area contributed by atoms with E-state index in [-0.39, 0.29) is 17.7 Å². The van der Waals surface area contributed by atoms with Crippen LogP contribution in [0.1, 0.15) is 11.1 Å². The van der Waals surface area contributed by atoms with Gasteiger partial charge >= 0.3 is 0 Å². The molecule has 0 heterocycles. The van der Waals surface area contributed by atoms with Crippen LogP contribution in [0.5, 0.6) is 5.75 Å². The van der Waals surface area contributed by atoms with E-state index in [9.17, 15) is 18.8 Å². The highest BCUT2D eigenvalue weighted by atomic mass is 79.9. The van der Waals surface area contributed by atoms with Gasteiger partial charge in [-0.25, -0.2) is 8.78 Å². The first-order chi connectivity index (χ1) is 14.5. The number of carbonyl (C=O) groups is 1. The Morgan fingerprint density at radius 2 is 1.83 bits per heavy atom. The third-order valence-corrected chi connectivity index (χ3v) is 4.66. The number of anilines is 1. The predicted molar refractivity (Wildman–Crippen MR) is 115 cm³/mol. The van der Waals surface area contributed by atoms with Gasteiger partial charge in [-0.1, -0.05) is 24.3 Å². The van der Waals surface area contributed by atoms with Crippen molar-refractivity contribution in [2.75, 3.05) is 11.9 Å². The van der Waals surface area contributed by atoms with Crippen molar-refractivity contribution >= 4 is 39.2 Å². The number of halogens is 3. The maximum absolute atomic E-state index is 13.9. The molecule has 1 N–H and O–H groups in total. The quantitative estimate of drug-likeness (QED) is 0.366. The minimum absolute atomic E-state index is 0.187. The molecule has 4 nitrogen and oxygen atoms in total. The lowest BCUT2D eigenvalue weighted by atomic mass is 10.0. The van der Waals surface area contributed by atoms with Gasteiger partial charge in [0.1, 0.15) is 17.4 Å². The zero-order valence-corrected chi connectivity index (χ0v) is 17.1. The lowest BCUT2D eigenvalue weighted by molar-refractivity contribution is -0.118. The van der Waals surface area contributed by atoms with E-state index in [4.69, 9.17) is 4.74 Å². The lowest BCUT2D eigenvalue weighted by Crippen LogP contribution is -2.20. The van der Waals surface area contributed by atoms with Gasteiger partial charge < -0.3 is 10.1 Å². The number of ether oxygens (including phenoxy) is 1. The fourth-order valence-electron chi connectivity index (χ4n) is 2.61. The first-order valence-corrected chi connectivity index (χ1v) is 9.60. The molecule has 3 rings (SSSR count). The maximum atomic E-state index is 13.9. The van der Waals surface area contributed by atoms with Crippen molar-refractivity contribution in [1.29, 1.82) is 5.26 Å². The molecular weight excluding hydrogens is 454 g/mol. The summed E-state index contributed by atoms with van der Waals surface area (Å²) in [6.45, 7) is -0.246. The fourth-order valence-corrected chi connectivity index (χ4v) is 3.13. The number of allylic oxidation sites excluding steroid dienone is 1. The largest absolute Gasteiger partial charge is 0.483 e. The highest BCUT2D eigenvalue weighted by Crippen LogP contribution is 2.28. The molecule has 30 heavy (non-hydrogen) atoms. The standard InChI is InChI=1S/C23H15BrF2N2O2/c24-20-12-15(11-16(13-27)19-3-1-2-4-21(19)26)5-10-22(20)30-14-23(29)28-18-8-6-17(25)7-9-18/h1-12H,14H2,(H,28,29)/b16-11-. The van der Waals surface area contributed by atoms with Gasteiger partial charge in [-0.15, -0.1) is 0 Å². The number of benzene rings is 3. The van der Waals surface area contributed by atoms with Crippen LogP contribution in [0.2, 0.25) is 0 Å². The van der Waals surface area contributed by atoms with E-state index >= 15 is 0 Å². The Balaban J connectivity index is 1.67. The van der Waals surface area contributed by atoms with Crippen LogP contribution in [0, 0.1) is 23.0 Å². The second-order valence-corrected chi connectivity index (χ2v) is 7.04. The van der Waals surface area contributed by atoms with Crippen molar-refractivity contribution in [2.24, 2.45) is 0 Å². The highest BCUT2D eigenvalue weighted by Gasteiger charge is 2.09. The summed E-state index contributed by atoms with van der Waals surface area (Å²) in [7, 11) is 0. The smallest absolute Gasteiger partial charge is 0.262 e. The first-order valence-electron chi connectivity index (χ1n) is 8.81. The topological polar surface area (TPSA) is 62.1 Å². The van der Waals surface area contributed by atoms with Crippen LogP contribution in [-0.4, -0.2) is 12.5 Å². The average Bonchev–Trinajstić information content (AvgIpc) is 2.73. The van der Waals surface area contributed by atoms with Crippen LogP contribution in [0.3, 0.4) is 0 Å². The van der Waals surface area contributed by atoms with Gasteiger partial charge in [-0.05, 0) is 70.0 Å². The van der Waals surface area contributed by atoms with Gasteiger partial charge in [0.15, 0.2) is 6.61 Å². The number of nitrogens with one attached hydrogen (secondary N) is 1. The van der Waals surface area contributed by atoms with Gasteiger partial charge in [-0.2, -0.15) is 5.26 Å². The van der Waals surface area contributed by atoms with E-state index in [1.807, 2.05) is 6.07 Å². The molecule has 0 radical (unpaired) electrons. The Morgan fingerprint density at radius 3 is 2.50 bits per heavy atom. The van der Waals surface area contributed by atoms with Crippen molar-refractivity contribution in [3.63, 3.8) is 0 Å². The minimum Gasteiger partial charge on any atom is -0.483 e. The van der Waals surface area contributed by atoms with E-state index in [0.29, 0.717) is 21.5 Å². The van der Waals surface area contributed by atoms with E-state index < -0.39 is 17.5 Å². The van der Waals surface area contributed by atoms with Crippen LogP contribution >= 0.6 is 15.9 Å². The molecule has 150 valence electrons. The van der Waals surface area contributed by atoms with E-state index in [1.54, 1.807) is 36.4 Å². The molecule has 0 saturated carbocycles. The number of nitrogens with zero attached hydrogens (tertiary/aromatic N) is 1. The zero-order chi connectivity index (χ0) is 21.5. The van der Waals surface area contributed by atoms with Crippen molar-refractivity contribution in [3.8, 4) is 11.8 Å². The van der Waals surface area contributed by atoms with Crippen molar-refractivity contribution in [1.82, 2.24) is 0 Å². The summed E-state index contributed by atoms with van der Waals surface area (Å²) in [6.07, 6.45) is 1.56. The summed E-state index contributed by atoms with van der Waals surface area (Å²) in [5.41, 5.74) is 1.52. The fraction of sp³-hybridized carbons (Fsp3) is 0.0435. The minimum atomic E-state index is -0.475. The number of hydrogen-bond donors (Lipinski definition) is 1.